The van der Waals surface area contributed by atoms with Crippen molar-refractivity contribution in [2.75, 3.05) is 12.3 Å². The van der Waals surface area contributed by atoms with Gasteiger partial charge in [0.15, 0.2) is 0 Å². The zero-order chi connectivity index (χ0) is 17.4. The number of carbonyl (C=O) groups excluding carboxylic acids is 1. The van der Waals surface area contributed by atoms with Gasteiger partial charge < -0.3 is 5.32 Å². The third-order valence-electron chi connectivity index (χ3n) is 3.31. The molecule has 0 radical (unpaired) electrons. The molecule has 5 heteroatoms. The fourth-order valence-corrected chi connectivity index (χ4v) is 3.27. The zero-order valence-electron chi connectivity index (χ0n) is 13.4. The second kappa shape index (κ2) is 9.77. The topological polar surface area (TPSA) is 29.1 Å². The van der Waals surface area contributed by atoms with E-state index < -0.39 is 0 Å². The molecule has 2 aromatic rings. The van der Waals surface area contributed by atoms with E-state index >= 15 is 0 Å². The highest BCUT2D eigenvalue weighted by molar-refractivity contribution is 7.98. The lowest BCUT2D eigenvalue weighted by Gasteiger charge is -2.04. The molecule has 0 fully saturated rings. The summed E-state index contributed by atoms with van der Waals surface area (Å²) in [6.07, 6.45) is 3.17. The molecule has 0 aliphatic rings. The molecule has 0 aliphatic carbocycles. The SMILES string of the molecule is Cc1ccc(CSCCNC(=O)C=Cc2ccc(Cl)cc2Cl)cc1. The molecule has 2 nitrogen and oxygen atoms in total. The summed E-state index contributed by atoms with van der Waals surface area (Å²) >= 11 is 13.7. The Kier molecular flexibility index (Phi) is 7.70. The molecule has 0 aliphatic heterocycles. The standard InChI is InChI=1S/C19H19Cl2NOS/c1-14-2-4-15(5-3-14)13-24-11-10-22-19(23)9-7-16-6-8-17(20)12-18(16)21/h2-9,12H,10-11,13H2,1H3,(H,22,23). The first-order valence-electron chi connectivity index (χ1n) is 7.59. The lowest BCUT2D eigenvalue weighted by molar-refractivity contribution is -0.116. The molecule has 0 atom stereocenters. The number of carbonyl (C=O) groups is 1. The van der Waals surface area contributed by atoms with Crippen molar-refractivity contribution < 1.29 is 4.79 Å². The van der Waals surface area contributed by atoms with Gasteiger partial charge in [-0.3, -0.25) is 4.79 Å². The Morgan fingerprint density at radius 3 is 2.62 bits per heavy atom. The van der Waals surface area contributed by atoms with Gasteiger partial charge >= 0.3 is 0 Å². The van der Waals surface area contributed by atoms with Crippen LogP contribution in [0.5, 0.6) is 0 Å². The zero-order valence-corrected chi connectivity index (χ0v) is 15.7. The average Bonchev–Trinajstić information content (AvgIpc) is 2.55. The number of hydrogen-bond donors (Lipinski definition) is 1. The average molecular weight is 380 g/mol. The summed E-state index contributed by atoms with van der Waals surface area (Å²) < 4.78 is 0. The molecule has 0 spiro atoms. The second-order valence-electron chi connectivity index (χ2n) is 5.33. The van der Waals surface area contributed by atoms with E-state index in [2.05, 4.69) is 36.5 Å². The first-order valence-corrected chi connectivity index (χ1v) is 9.50. The summed E-state index contributed by atoms with van der Waals surface area (Å²) in [5, 5.41) is 3.97. The van der Waals surface area contributed by atoms with Crippen LogP contribution in [0.1, 0.15) is 16.7 Å². The fourth-order valence-electron chi connectivity index (χ4n) is 1.98. The third kappa shape index (κ3) is 6.60. The van der Waals surface area contributed by atoms with Crippen LogP contribution in [0.4, 0.5) is 0 Å². The molecule has 1 amide bonds. The second-order valence-corrected chi connectivity index (χ2v) is 7.28. The molecular weight excluding hydrogens is 361 g/mol. The van der Waals surface area contributed by atoms with Crippen LogP contribution < -0.4 is 5.32 Å². The fraction of sp³-hybridized carbons (Fsp3) is 0.211. The minimum Gasteiger partial charge on any atom is -0.352 e. The summed E-state index contributed by atoms with van der Waals surface area (Å²) in [4.78, 5) is 11.8. The molecule has 0 unspecified atom stereocenters. The van der Waals surface area contributed by atoms with E-state index in [0.717, 1.165) is 17.1 Å². The van der Waals surface area contributed by atoms with E-state index in [0.29, 0.717) is 16.6 Å². The van der Waals surface area contributed by atoms with Gasteiger partial charge in [-0.1, -0.05) is 59.1 Å². The lowest BCUT2D eigenvalue weighted by Crippen LogP contribution is -2.23. The van der Waals surface area contributed by atoms with Crippen molar-refractivity contribution in [2.24, 2.45) is 0 Å². The Hall–Kier alpha value is -1.42. The van der Waals surface area contributed by atoms with Gasteiger partial charge in [0.25, 0.3) is 0 Å². The first-order chi connectivity index (χ1) is 11.5. The summed E-state index contributed by atoms with van der Waals surface area (Å²) in [5.41, 5.74) is 3.34. The van der Waals surface area contributed by atoms with Gasteiger partial charge in [-0.2, -0.15) is 11.8 Å². The number of aryl methyl sites for hydroxylation is 1. The van der Waals surface area contributed by atoms with Crippen LogP contribution >= 0.6 is 35.0 Å². The van der Waals surface area contributed by atoms with E-state index in [-0.39, 0.29) is 5.91 Å². The number of amides is 1. The van der Waals surface area contributed by atoms with Crippen LogP contribution in [0.15, 0.2) is 48.5 Å². The van der Waals surface area contributed by atoms with Crippen LogP contribution in [0.2, 0.25) is 10.0 Å². The van der Waals surface area contributed by atoms with Crippen LogP contribution in [0.25, 0.3) is 6.08 Å². The molecule has 2 rings (SSSR count). The lowest BCUT2D eigenvalue weighted by atomic mass is 10.2. The maximum atomic E-state index is 11.8. The van der Waals surface area contributed by atoms with Gasteiger partial charge in [0.2, 0.25) is 5.91 Å². The number of halogens is 2. The van der Waals surface area contributed by atoms with Crippen molar-refractivity contribution in [3.8, 4) is 0 Å². The van der Waals surface area contributed by atoms with Crippen molar-refractivity contribution in [1.82, 2.24) is 5.32 Å². The van der Waals surface area contributed by atoms with Gasteiger partial charge in [0.1, 0.15) is 0 Å². The van der Waals surface area contributed by atoms with Crippen molar-refractivity contribution in [2.45, 2.75) is 12.7 Å². The van der Waals surface area contributed by atoms with E-state index in [1.54, 1.807) is 36.0 Å². The van der Waals surface area contributed by atoms with Crippen LogP contribution in [0.3, 0.4) is 0 Å². The maximum absolute atomic E-state index is 11.8. The van der Waals surface area contributed by atoms with E-state index in [1.807, 2.05) is 0 Å². The van der Waals surface area contributed by atoms with Crippen LogP contribution in [-0.2, 0) is 10.5 Å². The molecule has 0 bridgehead atoms. The quantitative estimate of drug-likeness (QED) is 0.517. The van der Waals surface area contributed by atoms with Crippen molar-refractivity contribution >= 4 is 46.9 Å². The highest BCUT2D eigenvalue weighted by Gasteiger charge is 2.00. The van der Waals surface area contributed by atoms with E-state index in [1.165, 1.54) is 17.2 Å². The maximum Gasteiger partial charge on any atom is 0.244 e. The molecule has 24 heavy (non-hydrogen) atoms. The Labute approximate surface area is 157 Å². The van der Waals surface area contributed by atoms with Gasteiger partial charge in [-0.15, -0.1) is 0 Å². The third-order valence-corrected chi connectivity index (χ3v) is 4.90. The Morgan fingerprint density at radius 1 is 1.17 bits per heavy atom. The first kappa shape index (κ1) is 18.9. The molecular formula is C19H19Cl2NOS. The van der Waals surface area contributed by atoms with Gasteiger partial charge in [0.05, 0.1) is 0 Å². The number of benzene rings is 2. The monoisotopic (exact) mass is 379 g/mol. The van der Waals surface area contributed by atoms with Gasteiger partial charge in [-0.25, -0.2) is 0 Å². The summed E-state index contributed by atoms with van der Waals surface area (Å²) in [7, 11) is 0. The molecule has 0 heterocycles. The number of nitrogens with one attached hydrogen (secondary N) is 1. The van der Waals surface area contributed by atoms with Crippen molar-refractivity contribution in [3.63, 3.8) is 0 Å². The minimum absolute atomic E-state index is 0.128. The Bertz CT molecular complexity index is 714. The summed E-state index contributed by atoms with van der Waals surface area (Å²) in [6.45, 7) is 2.71. The van der Waals surface area contributed by atoms with E-state index in [4.69, 9.17) is 23.2 Å². The normalized spacial score (nSPS) is 11.0. The van der Waals surface area contributed by atoms with E-state index in [9.17, 15) is 4.79 Å². The predicted octanol–water partition coefficient (Wildman–Crippen LogP) is 5.36. The predicted molar refractivity (Wildman–Crippen MR) is 106 cm³/mol. The summed E-state index contributed by atoms with van der Waals surface area (Å²) in [6, 6.07) is 13.7. The molecule has 2 aromatic carbocycles. The minimum atomic E-state index is -0.128. The molecule has 126 valence electrons. The Morgan fingerprint density at radius 2 is 1.92 bits per heavy atom. The molecule has 0 saturated heterocycles. The molecule has 0 saturated carbocycles. The Balaban J connectivity index is 1.67. The van der Waals surface area contributed by atoms with Gasteiger partial charge in [-0.05, 0) is 36.3 Å². The smallest absolute Gasteiger partial charge is 0.244 e. The molecule has 1 N–H and O–H groups in total. The van der Waals surface area contributed by atoms with Crippen molar-refractivity contribution in [1.29, 1.82) is 0 Å². The van der Waals surface area contributed by atoms with Crippen LogP contribution in [-0.4, -0.2) is 18.2 Å². The van der Waals surface area contributed by atoms with Crippen molar-refractivity contribution in [3.05, 3.63) is 75.3 Å². The number of thioether (sulfide) groups is 1. The largest absolute Gasteiger partial charge is 0.352 e. The summed E-state index contributed by atoms with van der Waals surface area (Å²) in [5.74, 6) is 1.69. The molecule has 0 aromatic heterocycles. The number of rotatable bonds is 7. The number of hydrogen-bond acceptors (Lipinski definition) is 2. The van der Waals surface area contributed by atoms with Gasteiger partial charge in [0, 0.05) is 34.2 Å². The highest BCUT2D eigenvalue weighted by atomic mass is 35.5. The highest BCUT2D eigenvalue weighted by Crippen LogP contribution is 2.21. The van der Waals surface area contributed by atoms with Crippen LogP contribution in [0, 0.1) is 6.92 Å².